The number of hydrogen-bond acceptors (Lipinski definition) is 4. The number of carboxylic acids is 3. The molecule has 9 nitrogen and oxygen atoms in total. The van der Waals surface area contributed by atoms with Crippen LogP contribution >= 0.6 is 22.6 Å². The van der Waals surface area contributed by atoms with Crippen molar-refractivity contribution >= 4 is 46.5 Å². The summed E-state index contributed by atoms with van der Waals surface area (Å²) in [6, 6.07) is 3.37. The van der Waals surface area contributed by atoms with Crippen molar-refractivity contribution in [1.29, 1.82) is 0 Å². The average Bonchev–Trinajstić information content (AvgIpc) is 2.52. The van der Waals surface area contributed by atoms with Crippen LogP contribution in [-0.2, 0) is 20.8 Å². The second kappa shape index (κ2) is 9.81. The molecule has 10 heteroatoms. The molecule has 0 aromatic heterocycles. The van der Waals surface area contributed by atoms with Crippen molar-refractivity contribution in [3.63, 3.8) is 0 Å². The van der Waals surface area contributed by atoms with Gasteiger partial charge in [-0.3, -0.25) is 4.79 Å². The fraction of sp³-hybridized carbons (Fsp3) is 0.333. The molecule has 2 unspecified atom stereocenters. The molecule has 0 saturated heterocycles. The van der Waals surface area contributed by atoms with Crippen LogP contribution in [0.5, 0.6) is 0 Å². The number of urea groups is 1. The molecule has 0 bridgehead atoms. The van der Waals surface area contributed by atoms with Gasteiger partial charge >= 0.3 is 23.9 Å². The standard InChI is InChI=1S/C15H17IN2O7/c16-9-3-1-8(2-4-9)7-11(14(23)24)18-15(25)17-10(13(21)22)5-6-12(19)20/h1-4,10-11H,5-7H2,(H,19,20)(H,21,22)(H,23,24)(H2,17,18,25). The van der Waals surface area contributed by atoms with Gasteiger partial charge in [0.1, 0.15) is 12.1 Å². The van der Waals surface area contributed by atoms with Crippen LogP contribution in [0.15, 0.2) is 24.3 Å². The molecule has 0 aliphatic rings. The maximum atomic E-state index is 11.9. The van der Waals surface area contributed by atoms with E-state index < -0.39 is 42.4 Å². The summed E-state index contributed by atoms with van der Waals surface area (Å²) in [5.41, 5.74) is 0.689. The van der Waals surface area contributed by atoms with E-state index in [2.05, 4.69) is 33.2 Å². The molecule has 1 aromatic carbocycles. The van der Waals surface area contributed by atoms with Crippen LogP contribution in [0.2, 0.25) is 0 Å². The first-order chi connectivity index (χ1) is 11.7. The van der Waals surface area contributed by atoms with E-state index in [1.807, 2.05) is 0 Å². The Bertz CT molecular complexity index is 648. The minimum Gasteiger partial charge on any atom is -0.481 e. The third-order valence-electron chi connectivity index (χ3n) is 3.21. The van der Waals surface area contributed by atoms with Gasteiger partial charge in [0.2, 0.25) is 0 Å². The first kappa shape index (κ1) is 20.7. The molecule has 0 radical (unpaired) electrons. The summed E-state index contributed by atoms with van der Waals surface area (Å²) < 4.78 is 0.974. The number of nitrogens with one attached hydrogen (secondary N) is 2. The molecule has 0 heterocycles. The molecule has 136 valence electrons. The molecule has 0 spiro atoms. The zero-order valence-corrected chi connectivity index (χ0v) is 15.1. The highest BCUT2D eigenvalue weighted by Crippen LogP contribution is 2.09. The van der Waals surface area contributed by atoms with Gasteiger partial charge in [0, 0.05) is 16.4 Å². The Morgan fingerprint density at radius 1 is 0.920 bits per heavy atom. The summed E-state index contributed by atoms with van der Waals surface area (Å²) in [6.07, 6.45) is -0.734. The molecule has 0 fully saturated rings. The lowest BCUT2D eigenvalue weighted by atomic mass is 10.1. The predicted molar refractivity (Wildman–Crippen MR) is 94.2 cm³/mol. The first-order valence-electron chi connectivity index (χ1n) is 7.18. The van der Waals surface area contributed by atoms with Gasteiger partial charge in [0.05, 0.1) is 0 Å². The highest BCUT2D eigenvalue weighted by atomic mass is 127. The van der Waals surface area contributed by atoms with Gasteiger partial charge in [0.25, 0.3) is 0 Å². The Morgan fingerprint density at radius 3 is 1.92 bits per heavy atom. The topological polar surface area (TPSA) is 153 Å². The average molecular weight is 464 g/mol. The first-order valence-corrected chi connectivity index (χ1v) is 8.25. The largest absolute Gasteiger partial charge is 0.481 e. The van der Waals surface area contributed by atoms with Crippen LogP contribution < -0.4 is 10.6 Å². The van der Waals surface area contributed by atoms with Gasteiger partial charge in [-0.15, -0.1) is 0 Å². The Morgan fingerprint density at radius 2 is 1.44 bits per heavy atom. The Hall–Kier alpha value is -2.37. The van der Waals surface area contributed by atoms with E-state index in [1.165, 1.54) is 0 Å². The second-order valence-corrected chi connectivity index (χ2v) is 6.41. The van der Waals surface area contributed by atoms with Crippen molar-refractivity contribution in [2.24, 2.45) is 0 Å². The van der Waals surface area contributed by atoms with E-state index in [0.29, 0.717) is 5.56 Å². The van der Waals surface area contributed by atoms with E-state index in [9.17, 15) is 24.3 Å². The highest BCUT2D eigenvalue weighted by molar-refractivity contribution is 14.1. The summed E-state index contributed by atoms with van der Waals surface area (Å²) in [4.78, 5) is 44.7. The minimum atomic E-state index is -1.43. The number of carbonyl (C=O) groups is 4. The van der Waals surface area contributed by atoms with E-state index in [0.717, 1.165) is 3.57 Å². The van der Waals surface area contributed by atoms with Gasteiger partial charge in [-0.2, -0.15) is 0 Å². The van der Waals surface area contributed by atoms with Crippen LogP contribution in [0.1, 0.15) is 18.4 Å². The van der Waals surface area contributed by atoms with Gasteiger partial charge in [0.15, 0.2) is 0 Å². The number of aliphatic carboxylic acids is 3. The lowest BCUT2D eigenvalue weighted by Crippen LogP contribution is -2.51. The summed E-state index contributed by atoms with van der Waals surface area (Å²) in [5, 5.41) is 31.1. The van der Waals surface area contributed by atoms with Crippen LogP contribution in [0.25, 0.3) is 0 Å². The summed E-state index contributed by atoms with van der Waals surface area (Å²) in [7, 11) is 0. The lowest BCUT2D eigenvalue weighted by Gasteiger charge is -2.18. The number of carbonyl (C=O) groups excluding carboxylic acids is 1. The molecule has 25 heavy (non-hydrogen) atoms. The van der Waals surface area contributed by atoms with E-state index in [1.54, 1.807) is 24.3 Å². The summed E-state index contributed by atoms with van der Waals surface area (Å²) in [6.45, 7) is 0. The maximum absolute atomic E-state index is 11.9. The molecule has 5 N–H and O–H groups in total. The number of amides is 2. The Labute approximate surface area is 156 Å². The molecule has 2 amide bonds. The molecule has 2 atom stereocenters. The van der Waals surface area contributed by atoms with Gasteiger partial charge in [-0.25, -0.2) is 14.4 Å². The van der Waals surface area contributed by atoms with Crippen molar-refractivity contribution in [2.75, 3.05) is 0 Å². The quantitative estimate of drug-likeness (QED) is 0.341. The van der Waals surface area contributed by atoms with Crippen LogP contribution in [0.3, 0.4) is 0 Å². The normalized spacial score (nSPS) is 12.7. The summed E-state index contributed by atoms with van der Waals surface area (Å²) >= 11 is 2.10. The zero-order valence-electron chi connectivity index (χ0n) is 12.9. The van der Waals surface area contributed by atoms with Crippen molar-refractivity contribution in [3.05, 3.63) is 33.4 Å². The van der Waals surface area contributed by atoms with E-state index >= 15 is 0 Å². The number of benzene rings is 1. The Balaban J connectivity index is 2.68. The number of hydrogen-bond donors (Lipinski definition) is 5. The minimum absolute atomic E-state index is 0.0204. The Kier molecular flexibility index (Phi) is 8.11. The number of rotatable bonds is 9. The highest BCUT2D eigenvalue weighted by Gasteiger charge is 2.25. The number of carboxylic acid groups (broad SMARTS) is 3. The van der Waals surface area contributed by atoms with Gasteiger partial charge < -0.3 is 26.0 Å². The van der Waals surface area contributed by atoms with Crippen LogP contribution in [0.4, 0.5) is 4.79 Å². The van der Waals surface area contributed by atoms with Crippen molar-refractivity contribution in [3.8, 4) is 0 Å². The molecule has 0 saturated carbocycles. The van der Waals surface area contributed by atoms with Crippen molar-refractivity contribution in [1.82, 2.24) is 10.6 Å². The van der Waals surface area contributed by atoms with Crippen molar-refractivity contribution < 1.29 is 34.5 Å². The third-order valence-corrected chi connectivity index (χ3v) is 3.93. The SMILES string of the molecule is O=C(O)CCC(NC(=O)NC(Cc1ccc(I)cc1)C(=O)O)C(=O)O. The molecule has 0 aliphatic carbocycles. The van der Waals surface area contributed by atoms with E-state index in [-0.39, 0.29) is 12.8 Å². The molecular weight excluding hydrogens is 447 g/mol. The zero-order chi connectivity index (χ0) is 19.0. The maximum Gasteiger partial charge on any atom is 0.326 e. The fourth-order valence-electron chi connectivity index (χ4n) is 1.94. The van der Waals surface area contributed by atoms with Crippen LogP contribution in [-0.4, -0.2) is 51.3 Å². The van der Waals surface area contributed by atoms with Crippen molar-refractivity contribution in [2.45, 2.75) is 31.3 Å². The fourth-order valence-corrected chi connectivity index (χ4v) is 2.30. The van der Waals surface area contributed by atoms with Gasteiger partial charge in [-0.05, 0) is 46.7 Å². The summed E-state index contributed by atoms with van der Waals surface area (Å²) in [5.74, 6) is -3.87. The third kappa shape index (κ3) is 7.83. The molecular formula is C15H17IN2O7. The monoisotopic (exact) mass is 464 g/mol. The molecule has 1 aromatic rings. The van der Waals surface area contributed by atoms with Crippen LogP contribution in [0, 0.1) is 3.57 Å². The molecule has 0 aliphatic heterocycles. The second-order valence-electron chi connectivity index (χ2n) is 5.16. The van der Waals surface area contributed by atoms with E-state index in [4.69, 9.17) is 10.2 Å². The molecule has 1 rings (SSSR count). The number of halogens is 1. The predicted octanol–water partition coefficient (Wildman–Crippen LogP) is 0.904. The lowest BCUT2D eigenvalue weighted by molar-refractivity contribution is -0.140. The smallest absolute Gasteiger partial charge is 0.326 e. The van der Waals surface area contributed by atoms with Gasteiger partial charge in [-0.1, -0.05) is 12.1 Å².